The van der Waals surface area contributed by atoms with Crippen molar-refractivity contribution in [3.8, 4) is 6.07 Å². The molecule has 0 saturated carbocycles. The van der Waals surface area contributed by atoms with Gasteiger partial charge in [0.15, 0.2) is 0 Å². The van der Waals surface area contributed by atoms with Gasteiger partial charge in [0.05, 0.1) is 11.3 Å². The first-order valence-corrected chi connectivity index (χ1v) is 6.21. The third kappa shape index (κ3) is 5.21. The van der Waals surface area contributed by atoms with E-state index in [9.17, 15) is 0 Å². The van der Waals surface area contributed by atoms with Crippen LogP contribution in [0.1, 0.15) is 40.5 Å². The van der Waals surface area contributed by atoms with Gasteiger partial charge >= 0.3 is 0 Å². The molecule has 1 unspecified atom stereocenters. The minimum absolute atomic E-state index is 0.206. The number of nitrogens with zero attached hydrogens (tertiary/aromatic N) is 1. The minimum atomic E-state index is 0.206. The van der Waals surface area contributed by atoms with Crippen LogP contribution in [0.4, 0.5) is 0 Å². The highest BCUT2D eigenvalue weighted by molar-refractivity contribution is 8.00. The zero-order valence-corrected chi connectivity index (χ0v) is 10.0. The van der Waals surface area contributed by atoms with E-state index in [1.165, 1.54) is 0 Å². The monoisotopic (exact) mass is 199 g/mol. The van der Waals surface area contributed by atoms with Gasteiger partial charge in [0.2, 0.25) is 0 Å². The first-order chi connectivity index (χ1) is 6.15. The molecular formula is C11H21NS. The van der Waals surface area contributed by atoms with E-state index < -0.39 is 0 Å². The lowest BCUT2D eigenvalue weighted by Crippen LogP contribution is -2.15. The molecule has 0 heterocycles. The Morgan fingerprint density at radius 1 is 1.23 bits per heavy atom. The average Bonchev–Trinajstić information content (AvgIpc) is 2.11. The van der Waals surface area contributed by atoms with Crippen molar-refractivity contribution < 1.29 is 0 Å². The smallest absolute Gasteiger partial charge is 0.0944 e. The predicted octanol–water partition coefficient (Wildman–Crippen LogP) is 3.70. The van der Waals surface area contributed by atoms with Gasteiger partial charge in [0.1, 0.15) is 0 Å². The van der Waals surface area contributed by atoms with Crippen molar-refractivity contribution in [3.63, 3.8) is 0 Å². The third-order valence-electron chi connectivity index (χ3n) is 2.21. The maximum absolute atomic E-state index is 9.00. The lowest BCUT2D eigenvalue weighted by molar-refractivity contribution is 0.514. The molecule has 0 rings (SSSR count). The van der Waals surface area contributed by atoms with E-state index in [0.29, 0.717) is 11.8 Å². The number of hydrogen-bond acceptors (Lipinski definition) is 2. The van der Waals surface area contributed by atoms with Crippen LogP contribution in [0.5, 0.6) is 0 Å². The Bertz CT molecular complexity index is 156. The van der Waals surface area contributed by atoms with Crippen LogP contribution in [0, 0.1) is 23.2 Å². The van der Waals surface area contributed by atoms with Crippen molar-refractivity contribution in [3.05, 3.63) is 0 Å². The summed E-state index contributed by atoms with van der Waals surface area (Å²) in [6.07, 6.45) is 2.25. The molecule has 0 aromatic rings. The molecule has 0 saturated heterocycles. The maximum Gasteiger partial charge on any atom is 0.0944 e. The van der Waals surface area contributed by atoms with E-state index in [1.807, 2.05) is 11.8 Å². The van der Waals surface area contributed by atoms with Crippen LogP contribution in [0.3, 0.4) is 0 Å². The standard InChI is InChI=1S/C11H21NS/c1-5-10(6-2)11(7-12)13-8-9(3)4/h9-11H,5-6,8H2,1-4H3. The Morgan fingerprint density at radius 3 is 2.08 bits per heavy atom. The molecule has 0 aliphatic heterocycles. The van der Waals surface area contributed by atoms with E-state index >= 15 is 0 Å². The van der Waals surface area contributed by atoms with E-state index in [1.54, 1.807) is 0 Å². The van der Waals surface area contributed by atoms with Gasteiger partial charge in [0.25, 0.3) is 0 Å². The molecule has 0 aromatic heterocycles. The van der Waals surface area contributed by atoms with E-state index in [-0.39, 0.29) is 5.25 Å². The van der Waals surface area contributed by atoms with Gasteiger partial charge in [-0.3, -0.25) is 0 Å². The number of nitriles is 1. The summed E-state index contributed by atoms with van der Waals surface area (Å²) >= 11 is 1.83. The highest BCUT2D eigenvalue weighted by Crippen LogP contribution is 2.25. The predicted molar refractivity (Wildman–Crippen MR) is 60.8 cm³/mol. The topological polar surface area (TPSA) is 23.8 Å². The van der Waals surface area contributed by atoms with Gasteiger partial charge < -0.3 is 0 Å². The first kappa shape index (κ1) is 12.8. The SMILES string of the molecule is CCC(CC)C(C#N)SCC(C)C. The largest absolute Gasteiger partial charge is 0.197 e. The van der Waals surface area contributed by atoms with Gasteiger partial charge in [-0.15, -0.1) is 11.8 Å². The fourth-order valence-corrected chi connectivity index (χ4v) is 2.62. The molecule has 13 heavy (non-hydrogen) atoms. The molecule has 0 aliphatic rings. The Kier molecular flexibility index (Phi) is 7.17. The number of thioether (sulfide) groups is 1. The van der Waals surface area contributed by atoms with E-state index in [2.05, 4.69) is 33.8 Å². The van der Waals surface area contributed by atoms with Crippen molar-refractivity contribution in [2.45, 2.75) is 45.8 Å². The fraction of sp³-hybridized carbons (Fsp3) is 0.909. The van der Waals surface area contributed by atoms with Crippen molar-refractivity contribution in [1.29, 1.82) is 5.26 Å². The van der Waals surface area contributed by atoms with Gasteiger partial charge in [-0.2, -0.15) is 5.26 Å². The summed E-state index contributed by atoms with van der Waals surface area (Å²) in [6.45, 7) is 8.76. The van der Waals surface area contributed by atoms with Crippen molar-refractivity contribution in [2.24, 2.45) is 11.8 Å². The summed E-state index contributed by atoms with van der Waals surface area (Å²) in [4.78, 5) is 0. The van der Waals surface area contributed by atoms with Crippen LogP contribution < -0.4 is 0 Å². The quantitative estimate of drug-likeness (QED) is 0.651. The molecule has 0 radical (unpaired) electrons. The average molecular weight is 199 g/mol. The minimum Gasteiger partial charge on any atom is -0.197 e. The van der Waals surface area contributed by atoms with Crippen LogP contribution >= 0.6 is 11.8 Å². The highest BCUT2D eigenvalue weighted by Gasteiger charge is 2.18. The molecule has 0 amide bonds. The molecule has 0 N–H and O–H groups in total. The molecule has 1 atom stereocenters. The van der Waals surface area contributed by atoms with E-state index in [4.69, 9.17) is 5.26 Å². The van der Waals surface area contributed by atoms with Crippen LogP contribution in [0.2, 0.25) is 0 Å². The van der Waals surface area contributed by atoms with Crippen molar-refractivity contribution in [2.75, 3.05) is 5.75 Å². The first-order valence-electron chi connectivity index (χ1n) is 5.16. The molecule has 0 fully saturated rings. The zero-order valence-electron chi connectivity index (χ0n) is 9.21. The molecule has 0 aromatic carbocycles. The summed E-state index contributed by atoms with van der Waals surface area (Å²) in [5.41, 5.74) is 0. The van der Waals surface area contributed by atoms with Crippen LogP contribution in [-0.2, 0) is 0 Å². The molecule has 0 spiro atoms. The van der Waals surface area contributed by atoms with Crippen molar-refractivity contribution in [1.82, 2.24) is 0 Å². The normalized spacial score (nSPS) is 13.3. The Morgan fingerprint density at radius 2 is 1.77 bits per heavy atom. The molecule has 0 bridgehead atoms. The summed E-state index contributed by atoms with van der Waals surface area (Å²) in [5, 5.41) is 9.21. The molecule has 2 heteroatoms. The lowest BCUT2D eigenvalue weighted by atomic mass is 10.0. The van der Waals surface area contributed by atoms with Crippen LogP contribution in [0.15, 0.2) is 0 Å². The maximum atomic E-state index is 9.00. The number of hydrogen-bond donors (Lipinski definition) is 0. The second kappa shape index (κ2) is 7.26. The molecule has 76 valence electrons. The molecular weight excluding hydrogens is 178 g/mol. The van der Waals surface area contributed by atoms with Gasteiger partial charge in [0, 0.05) is 0 Å². The molecule has 0 aliphatic carbocycles. The summed E-state index contributed by atoms with van der Waals surface area (Å²) in [6, 6.07) is 2.42. The third-order valence-corrected chi connectivity index (χ3v) is 3.92. The van der Waals surface area contributed by atoms with Crippen LogP contribution in [0.25, 0.3) is 0 Å². The second-order valence-corrected chi connectivity index (χ2v) is 5.03. The Labute approximate surface area is 86.9 Å². The Balaban J connectivity index is 3.95. The van der Waals surface area contributed by atoms with Crippen molar-refractivity contribution >= 4 is 11.8 Å². The van der Waals surface area contributed by atoms with Gasteiger partial charge in [-0.25, -0.2) is 0 Å². The molecule has 1 nitrogen and oxygen atoms in total. The lowest BCUT2D eigenvalue weighted by Gasteiger charge is -2.18. The zero-order chi connectivity index (χ0) is 10.3. The van der Waals surface area contributed by atoms with Gasteiger partial charge in [-0.05, 0) is 17.6 Å². The fourth-order valence-electron chi connectivity index (χ4n) is 1.29. The summed E-state index contributed by atoms with van der Waals surface area (Å²) in [5.74, 6) is 2.37. The van der Waals surface area contributed by atoms with E-state index in [0.717, 1.165) is 18.6 Å². The second-order valence-electron chi connectivity index (χ2n) is 3.85. The Hall–Kier alpha value is -0.160. The summed E-state index contributed by atoms with van der Waals surface area (Å²) in [7, 11) is 0. The summed E-state index contributed by atoms with van der Waals surface area (Å²) < 4.78 is 0. The van der Waals surface area contributed by atoms with Crippen LogP contribution in [-0.4, -0.2) is 11.0 Å². The van der Waals surface area contributed by atoms with Gasteiger partial charge in [-0.1, -0.05) is 40.5 Å². The number of rotatable bonds is 6. The highest BCUT2D eigenvalue weighted by atomic mass is 32.2.